The first-order chi connectivity index (χ1) is 8.18. The molecule has 0 aromatic heterocycles. The van der Waals surface area contributed by atoms with Crippen molar-refractivity contribution in [1.82, 2.24) is 4.90 Å². The average molecular weight is 241 g/mol. The van der Waals surface area contributed by atoms with Crippen LogP contribution in [-0.4, -0.2) is 48.3 Å². The Bertz CT molecular complexity index is 255. The molecule has 2 aliphatic rings. The number of nitrogens with zero attached hydrogens (tertiary/aromatic N) is 1. The summed E-state index contributed by atoms with van der Waals surface area (Å²) in [5.74, 6) is -0.716. The molecule has 2 fully saturated rings. The van der Waals surface area contributed by atoms with Crippen molar-refractivity contribution in [3.05, 3.63) is 0 Å². The van der Waals surface area contributed by atoms with Gasteiger partial charge in [0.2, 0.25) is 0 Å². The zero-order valence-electron chi connectivity index (χ0n) is 10.6. The first-order valence-electron chi connectivity index (χ1n) is 6.71. The Morgan fingerprint density at radius 2 is 1.59 bits per heavy atom. The molecular weight excluding hydrogens is 218 g/mol. The molecule has 1 heterocycles. The van der Waals surface area contributed by atoms with Crippen molar-refractivity contribution in [2.45, 2.75) is 50.6 Å². The standard InChI is InChI=1S/C13H23NO3/c1-14(12-6-8-17-9-7-12)11-4-2-10(3-5-11)13(15)16/h10-12H,2-9H2,1H3,(H,15,16). The Morgan fingerprint density at radius 1 is 1.06 bits per heavy atom. The van der Waals surface area contributed by atoms with E-state index in [1.54, 1.807) is 0 Å². The van der Waals surface area contributed by atoms with Crippen LogP contribution in [-0.2, 0) is 9.53 Å². The molecule has 2 rings (SSSR count). The summed E-state index contributed by atoms with van der Waals surface area (Å²) in [5, 5.41) is 8.98. The van der Waals surface area contributed by atoms with Crippen LogP contribution < -0.4 is 0 Å². The normalized spacial score (nSPS) is 31.6. The van der Waals surface area contributed by atoms with Gasteiger partial charge in [-0.1, -0.05) is 0 Å². The Hall–Kier alpha value is -0.610. The first kappa shape index (κ1) is 12.8. The van der Waals surface area contributed by atoms with Gasteiger partial charge in [-0.15, -0.1) is 0 Å². The molecule has 0 radical (unpaired) electrons. The minimum atomic E-state index is -0.614. The lowest BCUT2D eigenvalue weighted by Gasteiger charge is -2.39. The van der Waals surface area contributed by atoms with E-state index in [9.17, 15) is 4.79 Å². The average Bonchev–Trinajstić information content (AvgIpc) is 2.39. The van der Waals surface area contributed by atoms with E-state index in [1.165, 1.54) is 0 Å². The summed E-state index contributed by atoms with van der Waals surface area (Å²) in [6.07, 6.45) is 5.99. The zero-order chi connectivity index (χ0) is 12.3. The highest BCUT2D eigenvalue weighted by Gasteiger charge is 2.31. The molecule has 1 aliphatic heterocycles. The van der Waals surface area contributed by atoms with Crippen LogP contribution in [0.15, 0.2) is 0 Å². The minimum absolute atomic E-state index is 0.102. The van der Waals surface area contributed by atoms with Gasteiger partial charge < -0.3 is 14.7 Å². The minimum Gasteiger partial charge on any atom is -0.481 e. The van der Waals surface area contributed by atoms with E-state index in [0.717, 1.165) is 51.7 Å². The predicted octanol–water partition coefficient (Wildman–Crippen LogP) is 1.74. The molecule has 4 heteroatoms. The maximum absolute atomic E-state index is 10.9. The quantitative estimate of drug-likeness (QED) is 0.817. The fourth-order valence-corrected chi connectivity index (χ4v) is 3.12. The lowest BCUT2D eigenvalue weighted by atomic mass is 9.84. The molecule has 1 aliphatic carbocycles. The maximum atomic E-state index is 10.9. The Balaban J connectivity index is 1.81. The van der Waals surface area contributed by atoms with Crippen LogP contribution in [0.1, 0.15) is 38.5 Å². The first-order valence-corrected chi connectivity index (χ1v) is 6.71. The number of carbonyl (C=O) groups is 1. The van der Waals surface area contributed by atoms with E-state index in [0.29, 0.717) is 12.1 Å². The fraction of sp³-hybridized carbons (Fsp3) is 0.923. The van der Waals surface area contributed by atoms with Crippen LogP contribution in [0, 0.1) is 5.92 Å². The van der Waals surface area contributed by atoms with E-state index in [2.05, 4.69) is 11.9 Å². The third-order valence-corrected chi connectivity index (χ3v) is 4.39. The molecule has 1 N–H and O–H groups in total. The highest BCUT2D eigenvalue weighted by molar-refractivity contribution is 5.70. The Morgan fingerprint density at radius 3 is 2.12 bits per heavy atom. The van der Waals surface area contributed by atoms with Crippen molar-refractivity contribution in [2.75, 3.05) is 20.3 Å². The van der Waals surface area contributed by atoms with Gasteiger partial charge in [-0.2, -0.15) is 0 Å². The lowest BCUT2D eigenvalue weighted by Crippen LogP contribution is -2.45. The van der Waals surface area contributed by atoms with Crippen molar-refractivity contribution in [3.63, 3.8) is 0 Å². The lowest BCUT2D eigenvalue weighted by molar-refractivity contribution is -0.143. The molecule has 4 nitrogen and oxygen atoms in total. The van der Waals surface area contributed by atoms with Gasteiger partial charge in [0.05, 0.1) is 5.92 Å². The monoisotopic (exact) mass is 241 g/mol. The molecule has 17 heavy (non-hydrogen) atoms. The molecule has 0 spiro atoms. The van der Waals surface area contributed by atoms with Crippen LogP contribution >= 0.6 is 0 Å². The summed E-state index contributed by atoms with van der Waals surface area (Å²) in [7, 11) is 2.20. The van der Waals surface area contributed by atoms with Crippen LogP contribution in [0.2, 0.25) is 0 Å². The summed E-state index contributed by atoms with van der Waals surface area (Å²) in [5.41, 5.74) is 0. The number of rotatable bonds is 3. The molecule has 1 saturated heterocycles. The summed E-state index contributed by atoms with van der Waals surface area (Å²) in [6.45, 7) is 1.75. The smallest absolute Gasteiger partial charge is 0.306 e. The van der Waals surface area contributed by atoms with Gasteiger partial charge in [-0.25, -0.2) is 0 Å². The van der Waals surface area contributed by atoms with Gasteiger partial charge in [0.25, 0.3) is 0 Å². The molecule has 0 aromatic carbocycles. The van der Waals surface area contributed by atoms with Crippen LogP contribution in [0.4, 0.5) is 0 Å². The van der Waals surface area contributed by atoms with Crippen molar-refractivity contribution < 1.29 is 14.6 Å². The van der Waals surface area contributed by atoms with Gasteiger partial charge in [-0.3, -0.25) is 4.79 Å². The van der Waals surface area contributed by atoms with E-state index in [-0.39, 0.29) is 5.92 Å². The second-order valence-electron chi connectivity index (χ2n) is 5.35. The summed E-state index contributed by atoms with van der Waals surface area (Å²) in [6, 6.07) is 1.21. The highest BCUT2D eigenvalue weighted by atomic mass is 16.5. The predicted molar refractivity (Wildman–Crippen MR) is 65.0 cm³/mol. The highest BCUT2D eigenvalue weighted by Crippen LogP contribution is 2.29. The Labute approximate surface area is 103 Å². The number of aliphatic carboxylic acids is 1. The fourth-order valence-electron chi connectivity index (χ4n) is 3.12. The number of hydrogen-bond acceptors (Lipinski definition) is 3. The molecule has 0 atom stereocenters. The molecule has 98 valence electrons. The largest absolute Gasteiger partial charge is 0.481 e. The number of ether oxygens (including phenoxy) is 1. The Kier molecular flexibility index (Phi) is 4.40. The van der Waals surface area contributed by atoms with E-state index in [4.69, 9.17) is 9.84 Å². The van der Waals surface area contributed by atoms with Gasteiger partial charge in [0.1, 0.15) is 0 Å². The second-order valence-corrected chi connectivity index (χ2v) is 5.35. The van der Waals surface area contributed by atoms with Gasteiger partial charge in [0.15, 0.2) is 0 Å². The van der Waals surface area contributed by atoms with E-state index >= 15 is 0 Å². The molecule has 0 unspecified atom stereocenters. The molecule has 1 saturated carbocycles. The third kappa shape index (κ3) is 3.19. The topological polar surface area (TPSA) is 49.8 Å². The van der Waals surface area contributed by atoms with Crippen LogP contribution in [0.5, 0.6) is 0 Å². The molecule has 0 amide bonds. The zero-order valence-corrected chi connectivity index (χ0v) is 10.6. The van der Waals surface area contributed by atoms with E-state index in [1.807, 2.05) is 0 Å². The van der Waals surface area contributed by atoms with Crippen molar-refractivity contribution >= 4 is 5.97 Å². The third-order valence-electron chi connectivity index (χ3n) is 4.39. The van der Waals surface area contributed by atoms with Crippen molar-refractivity contribution in [2.24, 2.45) is 5.92 Å². The van der Waals surface area contributed by atoms with Gasteiger partial charge in [0, 0.05) is 25.3 Å². The number of carboxylic acid groups (broad SMARTS) is 1. The number of hydrogen-bond donors (Lipinski definition) is 1. The summed E-state index contributed by atoms with van der Waals surface area (Å²) < 4.78 is 5.38. The SMILES string of the molecule is CN(C1CCOCC1)C1CCC(C(=O)O)CC1. The van der Waals surface area contributed by atoms with E-state index < -0.39 is 5.97 Å². The number of carboxylic acids is 1. The van der Waals surface area contributed by atoms with Crippen LogP contribution in [0.3, 0.4) is 0 Å². The van der Waals surface area contributed by atoms with Gasteiger partial charge in [-0.05, 0) is 45.6 Å². The second kappa shape index (κ2) is 5.83. The molecular formula is C13H23NO3. The van der Waals surface area contributed by atoms with Crippen molar-refractivity contribution in [1.29, 1.82) is 0 Å². The maximum Gasteiger partial charge on any atom is 0.306 e. The molecule has 0 bridgehead atoms. The van der Waals surface area contributed by atoms with Gasteiger partial charge >= 0.3 is 5.97 Å². The summed E-state index contributed by atoms with van der Waals surface area (Å²) in [4.78, 5) is 13.4. The molecule has 0 aromatic rings. The summed E-state index contributed by atoms with van der Waals surface area (Å²) >= 11 is 0. The van der Waals surface area contributed by atoms with Crippen molar-refractivity contribution in [3.8, 4) is 0 Å². The van der Waals surface area contributed by atoms with Crippen LogP contribution in [0.25, 0.3) is 0 Å².